The molecule has 184 valence electrons. The van der Waals surface area contributed by atoms with Crippen LogP contribution >= 0.6 is 0 Å². The van der Waals surface area contributed by atoms with E-state index in [4.69, 9.17) is 9.47 Å². The van der Waals surface area contributed by atoms with Crippen LogP contribution in [0.2, 0.25) is 0 Å². The van der Waals surface area contributed by atoms with Gasteiger partial charge in [0.05, 0.1) is 18.9 Å². The van der Waals surface area contributed by atoms with Crippen molar-refractivity contribution in [2.24, 2.45) is 11.8 Å². The Labute approximate surface area is 206 Å². The van der Waals surface area contributed by atoms with Crippen LogP contribution in [0.25, 0.3) is 0 Å². The second-order valence-corrected chi connectivity index (χ2v) is 9.02. The van der Waals surface area contributed by atoms with Gasteiger partial charge >= 0.3 is 11.9 Å². The number of rotatable bonds is 6. The molecule has 2 fully saturated rings. The number of carbonyl (C=O) groups excluding carboxylic acids is 3. The quantitative estimate of drug-likeness (QED) is 0.469. The molecule has 35 heavy (non-hydrogen) atoms. The average molecular weight is 477 g/mol. The summed E-state index contributed by atoms with van der Waals surface area (Å²) < 4.78 is 10.4. The molecule has 1 aliphatic carbocycles. The van der Waals surface area contributed by atoms with E-state index < -0.39 is 23.8 Å². The van der Waals surface area contributed by atoms with Gasteiger partial charge in [-0.25, -0.2) is 4.79 Å². The van der Waals surface area contributed by atoms with E-state index in [0.717, 1.165) is 29.9 Å². The van der Waals surface area contributed by atoms with E-state index in [0.29, 0.717) is 32.4 Å². The fraction of sp³-hybridized carbons (Fsp3) is 0.393. The van der Waals surface area contributed by atoms with Crippen LogP contribution in [-0.2, 0) is 30.5 Å². The highest BCUT2D eigenvalue weighted by atomic mass is 16.5. The predicted octanol–water partition coefficient (Wildman–Crippen LogP) is 3.59. The van der Waals surface area contributed by atoms with Crippen molar-refractivity contribution < 1.29 is 23.9 Å². The van der Waals surface area contributed by atoms with E-state index in [1.165, 1.54) is 13.2 Å². The summed E-state index contributed by atoms with van der Waals surface area (Å²) in [5.74, 6) is -1.93. The van der Waals surface area contributed by atoms with Gasteiger partial charge in [-0.3, -0.25) is 9.59 Å². The minimum absolute atomic E-state index is 0.00325. The maximum absolute atomic E-state index is 13.6. The van der Waals surface area contributed by atoms with E-state index in [1.807, 2.05) is 53.4 Å². The zero-order chi connectivity index (χ0) is 24.6. The molecule has 1 saturated carbocycles. The maximum atomic E-state index is 13.6. The average Bonchev–Trinajstić information content (AvgIpc) is 2.92. The van der Waals surface area contributed by atoms with Crippen molar-refractivity contribution in [3.05, 3.63) is 77.9 Å². The second kappa shape index (κ2) is 11.7. The molecular formula is C28H32N2O5. The van der Waals surface area contributed by atoms with E-state index >= 15 is 0 Å². The molecule has 2 aromatic rings. The first-order chi connectivity index (χ1) is 17.0. The molecule has 1 amide bonds. The number of anilines is 1. The molecule has 1 saturated heterocycles. The zero-order valence-corrected chi connectivity index (χ0v) is 20.1. The van der Waals surface area contributed by atoms with Crippen LogP contribution in [0, 0.1) is 11.8 Å². The van der Waals surface area contributed by atoms with E-state index in [9.17, 15) is 14.4 Å². The van der Waals surface area contributed by atoms with Gasteiger partial charge in [-0.05, 0) is 37.0 Å². The summed E-state index contributed by atoms with van der Waals surface area (Å²) in [6.07, 6.45) is 2.85. The number of methoxy groups -OCH3 is 1. The first-order valence-electron chi connectivity index (χ1n) is 12.1. The summed E-state index contributed by atoms with van der Waals surface area (Å²) in [6, 6.07) is 19.6. The van der Waals surface area contributed by atoms with Crippen molar-refractivity contribution in [1.29, 1.82) is 0 Å². The summed E-state index contributed by atoms with van der Waals surface area (Å²) in [6.45, 7) is 2.88. The molecule has 2 aromatic carbocycles. The van der Waals surface area contributed by atoms with Gasteiger partial charge in [0.25, 0.3) is 0 Å². The van der Waals surface area contributed by atoms with Gasteiger partial charge in [-0.1, -0.05) is 54.1 Å². The fourth-order valence-electron chi connectivity index (χ4n) is 4.86. The number of carbonyl (C=O) groups is 3. The Kier molecular flexibility index (Phi) is 8.19. The molecule has 1 aliphatic heterocycles. The smallest absolute Gasteiger partial charge is 0.330 e. The molecular weight excluding hydrogens is 444 g/mol. The van der Waals surface area contributed by atoms with Crippen LogP contribution < -0.4 is 4.90 Å². The molecule has 2 atom stereocenters. The molecule has 1 heterocycles. The number of benzene rings is 2. The fourth-order valence-corrected chi connectivity index (χ4v) is 4.86. The largest absolute Gasteiger partial charge is 0.466 e. The Morgan fingerprint density at radius 1 is 0.914 bits per heavy atom. The van der Waals surface area contributed by atoms with Gasteiger partial charge in [-0.15, -0.1) is 0 Å². The van der Waals surface area contributed by atoms with Crippen LogP contribution in [0.5, 0.6) is 0 Å². The molecule has 0 aromatic heterocycles. The standard InChI is InChI=1S/C28H32N2O5/c1-34-26(31)19-22-12-13-24(25(18-22)28(33)35-20-21-8-4-2-5-9-21)27(32)30-16-14-29(15-17-30)23-10-6-3-7-11-23/h2-11,19,24-25H,12-18,20H2,1H3/t24-,25-/m0/s1. The lowest BCUT2D eigenvalue weighted by atomic mass is 9.75. The normalized spacial score (nSPS) is 21.5. The number of hydrogen-bond donors (Lipinski definition) is 0. The first kappa shape index (κ1) is 24.5. The zero-order valence-electron chi connectivity index (χ0n) is 20.1. The third-order valence-corrected chi connectivity index (χ3v) is 6.82. The number of esters is 2. The highest BCUT2D eigenvalue weighted by Crippen LogP contribution is 2.36. The Morgan fingerprint density at radius 3 is 2.23 bits per heavy atom. The van der Waals surface area contributed by atoms with Gasteiger partial charge in [0.1, 0.15) is 6.61 Å². The number of para-hydroxylation sites is 1. The minimum Gasteiger partial charge on any atom is -0.466 e. The Morgan fingerprint density at radius 2 is 1.57 bits per heavy atom. The van der Waals surface area contributed by atoms with E-state index in [-0.39, 0.29) is 12.5 Å². The number of ether oxygens (including phenoxy) is 2. The Balaban J connectivity index is 1.43. The summed E-state index contributed by atoms with van der Waals surface area (Å²) >= 11 is 0. The SMILES string of the molecule is COC(=O)C=C1CC[C@H](C(=O)N2CCN(c3ccccc3)CC2)[C@@H](C(=O)OCc2ccccc2)C1. The van der Waals surface area contributed by atoms with Crippen molar-refractivity contribution in [2.45, 2.75) is 25.9 Å². The number of piperazine rings is 1. The van der Waals surface area contributed by atoms with Gasteiger partial charge in [0.2, 0.25) is 5.91 Å². The summed E-state index contributed by atoms with van der Waals surface area (Å²) in [7, 11) is 1.33. The lowest BCUT2D eigenvalue weighted by Crippen LogP contribution is -2.52. The van der Waals surface area contributed by atoms with Gasteiger partial charge < -0.3 is 19.3 Å². The monoisotopic (exact) mass is 476 g/mol. The molecule has 0 N–H and O–H groups in total. The predicted molar refractivity (Wildman–Crippen MR) is 132 cm³/mol. The topological polar surface area (TPSA) is 76.2 Å². The molecule has 7 nitrogen and oxygen atoms in total. The van der Waals surface area contributed by atoms with Crippen LogP contribution in [0.1, 0.15) is 24.8 Å². The minimum atomic E-state index is -0.622. The van der Waals surface area contributed by atoms with Crippen molar-refractivity contribution in [3.63, 3.8) is 0 Å². The summed E-state index contributed by atoms with van der Waals surface area (Å²) in [4.78, 5) is 42.6. The second-order valence-electron chi connectivity index (χ2n) is 9.02. The van der Waals surface area contributed by atoms with Crippen molar-refractivity contribution in [1.82, 2.24) is 4.90 Å². The van der Waals surface area contributed by atoms with Crippen molar-refractivity contribution in [3.8, 4) is 0 Å². The molecule has 7 heteroatoms. The molecule has 2 aliphatic rings. The summed E-state index contributed by atoms with van der Waals surface area (Å²) in [5, 5.41) is 0. The number of amides is 1. The lowest BCUT2D eigenvalue weighted by Gasteiger charge is -2.39. The molecule has 0 unspecified atom stereocenters. The van der Waals surface area contributed by atoms with Gasteiger partial charge in [-0.2, -0.15) is 0 Å². The summed E-state index contributed by atoms with van der Waals surface area (Å²) in [5.41, 5.74) is 2.86. The molecule has 0 spiro atoms. The highest BCUT2D eigenvalue weighted by Gasteiger charge is 2.41. The maximum Gasteiger partial charge on any atom is 0.330 e. The van der Waals surface area contributed by atoms with Crippen LogP contribution in [0.4, 0.5) is 5.69 Å². The number of nitrogens with zero attached hydrogens (tertiary/aromatic N) is 2. The van der Waals surface area contributed by atoms with Crippen molar-refractivity contribution in [2.75, 3.05) is 38.2 Å². The highest BCUT2D eigenvalue weighted by molar-refractivity contribution is 5.87. The van der Waals surface area contributed by atoms with Crippen LogP contribution in [0.3, 0.4) is 0 Å². The Hall–Kier alpha value is -3.61. The number of hydrogen-bond acceptors (Lipinski definition) is 6. The lowest BCUT2D eigenvalue weighted by molar-refractivity contribution is -0.157. The van der Waals surface area contributed by atoms with Crippen molar-refractivity contribution >= 4 is 23.5 Å². The third-order valence-electron chi connectivity index (χ3n) is 6.82. The van der Waals surface area contributed by atoms with Gasteiger partial charge in [0, 0.05) is 37.9 Å². The molecule has 0 radical (unpaired) electrons. The molecule has 4 rings (SSSR count). The Bertz CT molecular complexity index is 1050. The van der Waals surface area contributed by atoms with Crippen LogP contribution in [0.15, 0.2) is 72.3 Å². The molecule has 0 bridgehead atoms. The number of allylic oxidation sites excluding steroid dienone is 1. The first-order valence-corrected chi connectivity index (χ1v) is 12.1. The van der Waals surface area contributed by atoms with Crippen LogP contribution in [-0.4, -0.2) is 56.0 Å². The van der Waals surface area contributed by atoms with E-state index in [1.54, 1.807) is 0 Å². The van der Waals surface area contributed by atoms with Gasteiger partial charge in [0.15, 0.2) is 0 Å². The third kappa shape index (κ3) is 6.29. The van der Waals surface area contributed by atoms with E-state index in [2.05, 4.69) is 17.0 Å².